The van der Waals surface area contributed by atoms with Crippen molar-refractivity contribution in [2.75, 3.05) is 6.54 Å². The molecule has 0 atom stereocenters. The van der Waals surface area contributed by atoms with Gasteiger partial charge in [-0.05, 0) is 31.0 Å². The lowest BCUT2D eigenvalue weighted by atomic mass is 10.1. The molecule has 0 spiro atoms. The average molecular weight is 349 g/mol. The fourth-order valence-corrected chi connectivity index (χ4v) is 2.79. The Morgan fingerprint density at radius 1 is 0.962 bits per heavy atom. The third-order valence-electron chi connectivity index (χ3n) is 4.20. The first-order chi connectivity index (χ1) is 12.6. The highest BCUT2D eigenvalue weighted by Crippen LogP contribution is 2.22. The predicted molar refractivity (Wildman–Crippen MR) is 97.8 cm³/mol. The monoisotopic (exact) mass is 349 g/mol. The van der Waals surface area contributed by atoms with Gasteiger partial charge in [-0.3, -0.25) is 19.3 Å². The number of carbonyl (C=O) groups is 3. The molecule has 6 nitrogen and oxygen atoms in total. The Balaban J connectivity index is 1.49. The molecule has 0 radical (unpaired) electrons. The van der Waals surface area contributed by atoms with Gasteiger partial charge in [0.15, 0.2) is 0 Å². The van der Waals surface area contributed by atoms with Gasteiger partial charge in [0.2, 0.25) is 5.91 Å². The SMILES string of the molecule is C/C(=N/NC(=O)CCCN1C(=O)c2ccccc2C1=O)c1ccccc1. The van der Waals surface area contributed by atoms with Crippen LogP contribution in [0.2, 0.25) is 0 Å². The maximum atomic E-state index is 12.2. The first-order valence-corrected chi connectivity index (χ1v) is 8.41. The van der Waals surface area contributed by atoms with Crippen molar-refractivity contribution in [3.8, 4) is 0 Å². The van der Waals surface area contributed by atoms with Crippen molar-refractivity contribution in [2.45, 2.75) is 19.8 Å². The second kappa shape index (κ2) is 7.74. The molecule has 1 aliphatic rings. The molecule has 1 heterocycles. The molecule has 1 aliphatic heterocycles. The molecule has 0 fully saturated rings. The van der Waals surface area contributed by atoms with Gasteiger partial charge in [0, 0.05) is 13.0 Å². The molecule has 6 heteroatoms. The van der Waals surface area contributed by atoms with E-state index in [1.165, 1.54) is 4.90 Å². The Bertz CT molecular complexity index is 840. The molecule has 1 N–H and O–H groups in total. The number of carbonyl (C=O) groups excluding carboxylic acids is 3. The van der Waals surface area contributed by atoms with Crippen molar-refractivity contribution in [2.24, 2.45) is 5.10 Å². The minimum Gasteiger partial charge on any atom is -0.274 e. The van der Waals surface area contributed by atoms with Crippen molar-refractivity contribution in [3.63, 3.8) is 0 Å². The topological polar surface area (TPSA) is 78.8 Å². The summed E-state index contributed by atoms with van der Waals surface area (Å²) in [6.45, 7) is 2.02. The van der Waals surface area contributed by atoms with E-state index in [-0.39, 0.29) is 30.7 Å². The molecule has 0 aromatic heterocycles. The van der Waals surface area contributed by atoms with Gasteiger partial charge in [-0.1, -0.05) is 42.5 Å². The maximum absolute atomic E-state index is 12.2. The van der Waals surface area contributed by atoms with Crippen molar-refractivity contribution in [1.29, 1.82) is 0 Å². The molecule has 3 amide bonds. The molecule has 0 aliphatic carbocycles. The Labute approximate surface area is 151 Å². The zero-order chi connectivity index (χ0) is 18.5. The van der Waals surface area contributed by atoms with Crippen LogP contribution in [0.15, 0.2) is 59.7 Å². The standard InChI is InChI=1S/C20H19N3O3/c1-14(15-8-3-2-4-9-15)21-22-18(24)12-7-13-23-19(25)16-10-5-6-11-17(16)20(23)26/h2-6,8-11H,7,12-13H2,1H3,(H,22,24)/b21-14-. The lowest BCUT2D eigenvalue weighted by Crippen LogP contribution is -2.31. The number of nitrogens with zero attached hydrogens (tertiary/aromatic N) is 2. The summed E-state index contributed by atoms with van der Waals surface area (Å²) in [6.07, 6.45) is 0.566. The smallest absolute Gasteiger partial charge is 0.261 e. The summed E-state index contributed by atoms with van der Waals surface area (Å²) in [7, 11) is 0. The van der Waals surface area contributed by atoms with E-state index in [4.69, 9.17) is 0 Å². The Kier molecular flexibility index (Phi) is 5.22. The quantitative estimate of drug-likeness (QED) is 0.495. The van der Waals surface area contributed by atoms with Crippen LogP contribution >= 0.6 is 0 Å². The summed E-state index contributed by atoms with van der Waals surface area (Å²) >= 11 is 0. The number of hydrogen-bond acceptors (Lipinski definition) is 4. The van der Waals surface area contributed by atoms with Gasteiger partial charge in [-0.15, -0.1) is 0 Å². The summed E-state index contributed by atoms with van der Waals surface area (Å²) < 4.78 is 0. The minimum atomic E-state index is -0.302. The second-order valence-electron chi connectivity index (χ2n) is 6.01. The summed E-state index contributed by atoms with van der Waals surface area (Å²) in [4.78, 5) is 37.6. The zero-order valence-electron chi connectivity index (χ0n) is 14.4. The van der Waals surface area contributed by atoms with E-state index in [0.717, 1.165) is 5.56 Å². The predicted octanol–water partition coefficient (Wildman–Crippen LogP) is 2.60. The maximum Gasteiger partial charge on any atom is 0.261 e. The number of hydrogen-bond donors (Lipinski definition) is 1. The van der Waals surface area contributed by atoms with Crippen LogP contribution in [0.25, 0.3) is 0 Å². The molecule has 0 saturated heterocycles. The largest absolute Gasteiger partial charge is 0.274 e. The highest BCUT2D eigenvalue weighted by molar-refractivity contribution is 6.21. The number of benzene rings is 2. The fraction of sp³-hybridized carbons (Fsp3) is 0.200. The van der Waals surface area contributed by atoms with Gasteiger partial charge in [-0.2, -0.15) is 5.10 Å². The fourth-order valence-electron chi connectivity index (χ4n) is 2.79. The van der Waals surface area contributed by atoms with Crippen LogP contribution in [-0.4, -0.2) is 34.9 Å². The molecule has 0 unspecified atom stereocenters. The molecule has 132 valence electrons. The third kappa shape index (κ3) is 3.69. The molecule has 3 rings (SSSR count). The number of hydrazone groups is 1. The minimum absolute atomic E-state index is 0.180. The summed E-state index contributed by atoms with van der Waals surface area (Å²) in [5.41, 5.74) is 4.99. The number of nitrogens with one attached hydrogen (secondary N) is 1. The van der Waals surface area contributed by atoms with Gasteiger partial charge >= 0.3 is 0 Å². The van der Waals surface area contributed by atoms with Crippen molar-refractivity contribution in [3.05, 3.63) is 71.3 Å². The lowest BCUT2D eigenvalue weighted by molar-refractivity contribution is -0.121. The van der Waals surface area contributed by atoms with Gasteiger partial charge in [0.25, 0.3) is 11.8 Å². The van der Waals surface area contributed by atoms with E-state index in [0.29, 0.717) is 23.3 Å². The Hall–Kier alpha value is -3.28. The van der Waals surface area contributed by atoms with Crippen LogP contribution in [0.4, 0.5) is 0 Å². The Morgan fingerprint density at radius 2 is 1.54 bits per heavy atom. The molecular formula is C20H19N3O3. The van der Waals surface area contributed by atoms with Crippen LogP contribution in [0.5, 0.6) is 0 Å². The van der Waals surface area contributed by atoms with Crippen LogP contribution in [0, 0.1) is 0 Å². The average Bonchev–Trinajstić information content (AvgIpc) is 2.92. The van der Waals surface area contributed by atoms with Gasteiger partial charge in [0.1, 0.15) is 0 Å². The highest BCUT2D eigenvalue weighted by Gasteiger charge is 2.34. The first kappa shape index (κ1) is 17.5. The molecule has 0 saturated carbocycles. The van der Waals surface area contributed by atoms with Gasteiger partial charge < -0.3 is 0 Å². The third-order valence-corrected chi connectivity index (χ3v) is 4.20. The second-order valence-corrected chi connectivity index (χ2v) is 6.01. The van der Waals surface area contributed by atoms with Crippen LogP contribution < -0.4 is 5.43 Å². The van der Waals surface area contributed by atoms with E-state index in [1.807, 2.05) is 37.3 Å². The van der Waals surface area contributed by atoms with Crippen LogP contribution in [-0.2, 0) is 4.79 Å². The first-order valence-electron chi connectivity index (χ1n) is 8.41. The summed E-state index contributed by atoms with van der Waals surface area (Å²) in [5.74, 6) is -0.857. The number of fused-ring (bicyclic) bond motifs is 1. The summed E-state index contributed by atoms with van der Waals surface area (Å²) in [6, 6.07) is 16.3. The number of rotatable bonds is 6. The molecule has 2 aromatic carbocycles. The van der Waals surface area contributed by atoms with E-state index in [9.17, 15) is 14.4 Å². The van der Waals surface area contributed by atoms with Gasteiger partial charge in [0.05, 0.1) is 16.8 Å². The highest BCUT2D eigenvalue weighted by atomic mass is 16.2. The summed E-state index contributed by atoms with van der Waals surface area (Å²) in [5, 5.41) is 4.08. The molecule has 26 heavy (non-hydrogen) atoms. The molecular weight excluding hydrogens is 330 g/mol. The van der Waals surface area contributed by atoms with Gasteiger partial charge in [-0.25, -0.2) is 5.43 Å². The van der Waals surface area contributed by atoms with E-state index < -0.39 is 0 Å². The number of amides is 3. The van der Waals surface area contributed by atoms with E-state index in [2.05, 4.69) is 10.5 Å². The zero-order valence-corrected chi connectivity index (χ0v) is 14.4. The van der Waals surface area contributed by atoms with Crippen LogP contribution in [0.3, 0.4) is 0 Å². The Morgan fingerprint density at radius 3 is 2.15 bits per heavy atom. The van der Waals surface area contributed by atoms with Crippen LogP contribution in [0.1, 0.15) is 46.0 Å². The van der Waals surface area contributed by atoms with E-state index >= 15 is 0 Å². The molecule has 2 aromatic rings. The number of imide groups is 1. The van der Waals surface area contributed by atoms with Crippen molar-refractivity contribution < 1.29 is 14.4 Å². The van der Waals surface area contributed by atoms with E-state index in [1.54, 1.807) is 24.3 Å². The lowest BCUT2D eigenvalue weighted by Gasteiger charge is -2.13. The van der Waals surface area contributed by atoms with Crippen molar-refractivity contribution in [1.82, 2.24) is 10.3 Å². The van der Waals surface area contributed by atoms with Crippen molar-refractivity contribution >= 4 is 23.4 Å². The molecule has 0 bridgehead atoms. The normalized spacial score (nSPS) is 13.7.